The van der Waals surface area contributed by atoms with Gasteiger partial charge >= 0.3 is 13.4 Å². The molecule has 0 amide bonds. The summed E-state index contributed by atoms with van der Waals surface area (Å²) in [5.74, 6) is 0. The Kier molecular flexibility index (Phi) is 2.87. The van der Waals surface area contributed by atoms with Crippen LogP contribution >= 0.6 is 25.8 Å². The standard InChI is InChI=1S/C6H2N2S.2Al.BrH.2H/c1-2-4-6-5(3-1)7-9-8-6;;;;;/h1-2H;;;1H;;/q;;+1;;;/p-1. The molecule has 0 aliphatic rings. The summed E-state index contributed by atoms with van der Waals surface area (Å²) in [6, 6.07) is 4.29. The highest BCUT2D eigenvalue weighted by Gasteiger charge is 2.06. The first-order chi connectivity index (χ1) is 5.83. The monoisotopic (exact) mass is 269 g/mol. The van der Waals surface area contributed by atoms with Crippen LogP contribution in [0.2, 0.25) is 0 Å². The van der Waals surface area contributed by atoms with Gasteiger partial charge in [0.15, 0.2) is 0 Å². The predicted octanol–water partition coefficient (Wildman–Crippen LogP) is -0.411. The fourth-order valence-corrected chi connectivity index (χ4v) is 4.22. The van der Waals surface area contributed by atoms with Crippen molar-refractivity contribution in [3.63, 3.8) is 0 Å². The zero-order chi connectivity index (χ0) is 8.55. The van der Waals surface area contributed by atoms with Crippen molar-refractivity contribution in [2.24, 2.45) is 0 Å². The molecular formula is C6H4Al2BrN2S. The Morgan fingerprint density at radius 1 is 1.33 bits per heavy atom. The Morgan fingerprint density at radius 2 is 2.08 bits per heavy atom. The Labute approximate surface area is 95.5 Å². The second kappa shape index (κ2) is 3.76. The van der Waals surface area contributed by atoms with Crippen LogP contribution in [0.1, 0.15) is 0 Å². The number of fused-ring (bicyclic) bond motifs is 1. The summed E-state index contributed by atoms with van der Waals surface area (Å²) in [4.78, 5) is 0. The number of halogens is 1. The van der Waals surface area contributed by atoms with Gasteiger partial charge in [-0.3, -0.25) is 0 Å². The smallest absolute Gasteiger partial charge is 0.215 e. The molecule has 0 atom stereocenters. The van der Waals surface area contributed by atoms with E-state index in [1.807, 2.05) is 16.3 Å². The first kappa shape index (κ1) is 9.15. The quantitative estimate of drug-likeness (QED) is 0.658. The third-order valence-corrected chi connectivity index (χ3v) is 5.50. The molecule has 0 fully saturated rings. The van der Waals surface area contributed by atoms with Crippen LogP contribution in [0.3, 0.4) is 0 Å². The first-order valence-electron chi connectivity index (χ1n) is 3.45. The molecule has 0 saturated heterocycles. The van der Waals surface area contributed by atoms with E-state index in [9.17, 15) is 0 Å². The van der Waals surface area contributed by atoms with Crippen LogP contribution in [0.5, 0.6) is 0 Å². The van der Waals surface area contributed by atoms with Crippen molar-refractivity contribution in [1.82, 2.24) is 8.75 Å². The Bertz CT molecular complexity index is 417. The van der Waals surface area contributed by atoms with E-state index in [0.29, 0.717) is 0 Å². The molecule has 6 heteroatoms. The fraction of sp³-hybridized carbons (Fsp3) is 0. The van der Waals surface area contributed by atoms with Crippen molar-refractivity contribution in [1.29, 1.82) is 0 Å². The normalized spacial score (nSPS) is 10.4. The molecule has 0 aliphatic heterocycles. The highest BCUT2D eigenvalue weighted by Crippen LogP contribution is 2.05. The van der Waals surface area contributed by atoms with Gasteiger partial charge in [0.1, 0.15) is 0 Å². The average molecular weight is 270 g/mol. The Morgan fingerprint density at radius 3 is 2.83 bits per heavy atom. The molecule has 1 aromatic heterocycles. The van der Waals surface area contributed by atoms with Crippen molar-refractivity contribution < 1.29 is 0 Å². The van der Waals surface area contributed by atoms with E-state index in [0.717, 1.165) is 11.0 Å². The lowest BCUT2D eigenvalue weighted by molar-refractivity contribution is 1.70. The first-order valence-corrected chi connectivity index (χ1v) is 9.49. The van der Waals surface area contributed by atoms with Crippen LogP contribution in [0.4, 0.5) is 0 Å². The third kappa shape index (κ3) is 1.49. The molecule has 1 heterocycles. The summed E-state index contributed by atoms with van der Waals surface area (Å²) in [6.07, 6.45) is 0. The van der Waals surface area contributed by atoms with E-state index >= 15 is 0 Å². The number of aromatic nitrogens is 2. The van der Waals surface area contributed by atoms with Crippen molar-refractivity contribution in [2.75, 3.05) is 0 Å². The molecule has 12 heavy (non-hydrogen) atoms. The number of hydrogen-bond donors (Lipinski definition) is 0. The van der Waals surface area contributed by atoms with E-state index in [-0.39, 0.29) is 13.4 Å². The molecule has 2 nitrogen and oxygen atoms in total. The number of nitrogens with zero attached hydrogens (tertiary/aromatic N) is 2. The molecule has 57 valence electrons. The van der Waals surface area contributed by atoms with Gasteiger partial charge < -0.3 is 0 Å². The topological polar surface area (TPSA) is 25.8 Å². The summed E-state index contributed by atoms with van der Waals surface area (Å²) in [5.41, 5.74) is 2.19. The lowest BCUT2D eigenvalue weighted by atomic mass is 10.3. The minimum absolute atomic E-state index is 0.298. The van der Waals surface area contributed by atoms with Gasteiger partial charge in [0.2, 0.25) is 16.3 Å². The summed E-state index contributed by atoms with van der Waals surface area (Å²) < 4.78 is 11.2. The third-order valence-electron chi connectivity index (χ3n) is 1.73. The fourth-order valence-electron chi connectivity index (χ4n) is 1.08. The zero-order valence-electron chi connectivity index (χ0n) is 6.25. The maximum atomic E-state index is 4.29. The van der Waals surface area contributed by atoms with E-state index < -0.39 is 0 Å². The minimum Gasteiger partial charge on any atom is -0.215 e. The lowest BCUT2D eigenvalue weighted by Crippen LogP contribution is -2.15. The van der Waals surface area contributed by atoms with Crippen molar-refractivity contribution in [2.45, 2.75) is 0 Å². The maximum Gasteiger partial charge on any atom is 0.384 e. The van der Waals surface area contributed by atoms with Crippen LogP contribution in [-0.2, 0) is 0 Å². The van der Waals surface area contributed by atoms with Gasteiger partial charge in [0, 0.05) is 0 Å². The Balaban J connectivity index is 2.82. The largest absolute Gasteiger partial charge is 0.384 e. The molecule has 0 unspecified atom stereocenters. The predicted molar refractivity (Wildman–Crippen MR) is 59.9 cm³/mol. The molecule has 2 aromatic rings. The van der Waals surface area contributed by atoms with Crippen molar-refractivity contribution in [3.8, 4) is 0 Å². The molecule has 0 saturated carbocycles. The van der Waals surface area contributed by atoms with Gasteiger partial charge in [-0.15, -0.1) is 4.43 Å². The molecule has 1 radical (unpaired) electrons. The number of benzene rings is 1. The van der Waals surface area contributed by atoms with E-state index in [4.69, 9.17) is 0 Å². The SMILES string of the molecule is [AlH][c]1cc[c]([AlH][Br])c2nsnc12. The van der Waals surface area contributed by atoms with E-state index in [2.05, 4.69) is 34.9 Å². The second-order valence-corrected chi connectivity index (χ2v) is 6.48. The number of rotatable bonds is 1. The van der Waals surface area contributed by atoms with Crippen molar-refractivity contribution >= 4 is 75.3 Å². The lowest BCUT2D eigenvalue weighted by Gasteiger charge is -1.97. The minimum atomic E-state index is -0.298. The van der Waals surface area contributed by atoms with Gasteiger partial charge in [0.25, 0.3) is 0 Å². The molecule has 0 aliphatic carbocycles. The molecule has 1 aromatic carbocycles. The second-order valence-electron chi connectivity index (χ2n) is 2.48. The highest BCUT2D eigenvalue weighted by molar-refractivity contribution is 9.23. The molecule has 2 rings (SSSR count). The van der Waals surface area contributed by atoms with E-state index in [1.165, 1.54) is 20.6 Å². The summed E-state index contributed by atoms with van der Waals surface area (Å²) in [7, 11) is 0. The molecular weight excluding hydrogens is 266 g/mol. The van der Waals surface area contributed by atoms with Gasteiger partial charge in [-0.05, 0) is 0 Å². The highest BCUT2D eigenvalue weighted by atomic mass is 79.9. The summed E-state index contributed by atoms with van der Waals surface area (Å²) in [6.45, 7) is 0. The molecule has 0 spiro atoms. The molecule has 0 bridgehead atoms. The average Bonchev–Trinajstić information content (AvgIpc) is 2.54. The molecule has 0 N–H and O–H groups in total. The van der Waals surface area contributed by atoms with E-state index in [1.54, 1.807) is 0 Å². The summed E-state index contributed by atoms with van der Waals surface area (Å²) in [5, 5.41) is 0. The van der Waals surface area contributed by atoms with Crippen LogP contribution in [-0.4, -0.2) is 38.4 Å². The Hall–Kier alpha value is 0.585. The van der Waals surface area contributed by atoms with Crippen molar-refractivity contribution in [3.05, 3.63) is 12.1 Å². The van der Waals surface area contributed by atoms with Crippen LogP contribution in [0.25, 0.3) is 11.0 Å². The van der Waals surface area contributed by atoms with Crippen LogP contribution < -0.4 is 8.85 Å². The maximum absolute atomic E-state index is 4.29. The van der Waals surface area contributed by atoms with Crippen LogP contribution in [0, 0.1) is 0 Å². The van der Waals surface area contributed by atoms with Crippen LogP contribution in [0.15, 0.2) is 12.1 Å². The number of hydrogen-bond acceptors (Lipinski definition) is 3. The van der Waals surface area contributed by atoms with Gasteiger partial charge in [-0.1, -0.05) is 16.6 Å². The van der Waals surface area contributed by atoms with Gasteiger partial charge in [0.05, 0.1) is 22.8 Å². The zero-order valence-corrected chi connectivity index (χ0v) is 11.5. The van der Waals surface area contributed by atoms with Gasteiger partial charge in [-0.25, -0.2) is 14.1 Å². The summed E-state index contributed by atoms with van der Waals surface area (Å²) >= 11 is 6.44. The van der Waals surface area contributed by atoms with Gasteiger partial charge in [-0.2, -0.15) is 8.75 Å².